The maximum Gasteiger partial charge on any atom is 0.168 e. The first-order chi connectivity index (χ1) is 6.18. The smallest absolute Gasteiger partial charge is 0.168 e. The van der Waals surface area contributed by atoms with E-state index in [1.165, 1.54) is 19.4 Å². The highest BCUT2D eigenvalue weighted by molar-refractivity contribution is 4.79. The number of piperidine rings is 1. The normalized spacial score (nSPS) is 51.5. The molecule has 2 aliphatic heterocycles. The first-order valence-corrected chi connectivity index (χ1v) is 5.48. The summed E-state index contributed by atoms with van der Waals surface area (Å²) in [5, 5.41) is 13.4. The highest BCUT2D eigenvalue weighted by Gasteiger charge is 2.41. The second-order valence-electron chi connectivity index (χ2n) is 4.72. The van der Waals surface area contributed by atoms with E-state index in [0.717, 1.165) is 6.42 Å². The molecule has 0 bridgehead atoms. The van der Waals surface area contributed by atoms with Crippen LogP contribution in [0.3, 0.4) is 0 Å². The second-order valence-corrected chi connectivity index (χ2v) is 4.72. The van der Waals surface area contributed by atoms with Gasteiger partial charge in [0.15, 0.2) is 6.17 Å². The molecular weight excluding hydrogens is 164 g/mol. The Balaban J connectivity index is 2.08. The van der Waals surface area contributed by atoms with Crippen molar-refractivity contribution < 1.29 is 10.0 Å². The fourth-order valence-corrected chi connectivity index (χ4v) is 2.91. The highest BCUT2D eigenvalue weighted by Crippen LogP contribution is 2.10. The van der Waals surface area contributed by atoms with Gasteiger partial charge in [-0.25, -0.2) is 0 Å². The largest absolute Gasteiger partial charge is 0.385 e. The first kappa shape index (κ1) is 9.44. The first-order valence-electron chi connectivity index (χ1n) is 5.48. The number of nitrogens with one attached hydrogen (secondary N) is 2. The molecule has 5 atom stereocenters. The molecule has 2 aliphatic rings. The zero-order valence-corrected chi connectivity index (χ0v) is 8.59. The zero-order chi connectivity index (χ0) is 9.42. The lowest BCUT2D eigenvalue weighted by atomic mass is 9.95. The van der Waals surface area contributed by atoms with E-state index in [-0.39, 0.29) is 6.10 Å². The summed E-state index contributed by atoms with van der Waals surface area (Å²) in [7, 11) is 0. The number of hydrogen-bond acceptors (Lipinski definition) is 2. The summed E-state index contributed by atoms with van der Waals surface area (Å²) in [6.45, 7) is 5.74. The molecule has 2 rings (SSSR count). The van der Waals surface area contributed by atoms with Crippen LogP contribution >= 0.6 is 0 Å². The maximum atomic E-state index is 9.86. The quantitative estimate of drug-likeness (QED) is 0.458. The topological polar surface area (TPSA) is 36.7 Å². The van der Waals surface area contributed by atoms with Crippen LogP contribution in [0.5, 0.6) is 0 Å². The molecule has 0 aromatic carbocycles. The van der Waals surface area contributed by atoms with Gasteiger partial charge in [0.2, 0.25) is 0 Å². The second kappa shape index (κ2) is 3.56. The Morgan fingerprint density at radius 3 is 2.92 bits per heavy atom. The molecule has 2 fully saturated rings. The minimum Gasteiger partial charge on any atom is -0.385 e. The third-order valence-electron chi connectivity index (χ3n) is 3.55. The van der Waals surface area contributed by atoms with Gasteiger partial charge in [-0.3, -0.25) is 5.32 Å². The van der Waals surface area contributed by atoms with Crippen LogP contribution in [-0.4, -0.2) is 36.0 Å². The molecule has 2 saturated heterocycles. The van der Waals surface area contributed by atoms with Gasteiger partial charge in [-0.15, -0.1) is 0 Å². The molecule has 5 unspecified atom stereocenters. The lowest BCUT2D eigenvalue weighted by Crippen LogP contribution is -3.24. The van der Waals surface area contributed by atoms with Crippen LogP contribution in [0.25, 0.3) is 0 Å². The summed E-state index contributed by atoms with van der Waals surface area (Å²) < 4.78 is 0. The van der Waals surface area contributed by atoms with E-state index in [9.17, 15) is 5.11 Å². The van der Waals surface area contributed by atoms with Crippen molar-refractivity contribution in [2.45, 2.75) is 57.5 Å². The average Bonchev–Trinajstić information content (AvgIpc) is 2.07. The van der Waals surface area contributed by atoms with Gasteiger partial charge in [0.25, 0.3) is 0 Å². The van der Waals surface area contributed by atoms with Crippen molar-refractivity contribution >= 4 is 0 Å². The van der Waals surface area contributed by atoms with Crippen molar-refractivity contribution in [3.05, 3.63) is 0 Å². The summed E-state index contributed by atoms with van der Waals surface area (Å²) in [5.41, 5.74) is 0. The number of quaternary nitrogens is 1. The molecule has 0 radical (unpaired) electrons. The number of hydrogen-bond donors (Lipinski definition) is 3. The minimum absolute atomic E-state index is 0.131. The van der Waals surface area contributed by atoms with Crippen LogP contribution in [0.15, 0.2) is 0 Å². The molecule has 0 aromatic rings. The molecule has 3 nitrogen and oxygen atoms in total. The van der Waals surface area contributed by atoms with Gasteiger partial charge < -0.3 is 10.0 Å². The summed E-state index contributed by atoms with van der Waals surface area (Å²) in [6.07, 6.45) is 3.55. The van der Waals surface area contributed by atoms with Gasteiger partial charge in [-0.1, -0.05) is 0 Å². The summed E-state index contributed by atoms with van der Waals surface area (Å²) in [5.74, 6) is 0. The molecule has 2 heterocycles. The summed E-state index contributed by atoms with van der Waals surface area (Å²) in [6, 6.07) is 1.27. The Morgan fingerprint density at radius 1 is 1.38 bits per heavy atom. The molecule has 0 spiro atoms. The highest BCUT2D eigenvalue weighted by atomic mass is 16.3. The van der Waals surface area contributed by atoms with Crippen molar-refractivity contribution in [1.82, 2.24) is 5.32 Å². The predicted molar refractivity (Wildman–Crippen MR) is 51.5 cm³/mol. The van der Waals surface area contributed by atoms with Gasteiger partial charge in [0, 0.05) is 12.5 Å². The van der Waals surface area contributed by atoms with E-state index in [1.807, 2.05) is 0 Å². The monoisotopic (exact) mass is 185 g/mol. The summed E-state index contributed by atoms with van der Waals surface area (Å²) in [4.78, 5) is 1.57. The van der Waals surface area contributed by atoms with Crippen molar-refractivity contribution in [2.75, 3.05) is 6.54 Å². The number of rotatable bonds is 0. The zero-order valence-electron chi connectivity index (χ0n) is 8.59. The fraction of sp³-hybridized carbons (Fsp3) is 1.00. The summed E-state index contributed by atoms with van der Waals surface area (Å²) >= 11 is 0. The predicted octanol–water partition coefficient (Wildman–Crippen LogP) is -0.878. The molecule has 0 aromatic heterocycles. The lowest BCUT2D eigenvalue weighted by molar-refractivity contribution is -0.965. The van der Waals surface area contributed by atoms with Crippen LogP contribution in [0.1, 0.15) is 33.1 Å². The van der Waals surface area contributed by atoms with Crippen LogP contribution in [-0.2, 0) is 0 Å². The van der Waals surface area contributed by atoms with Crippen molar-refractivity contribution in [3.8, 4) is 0 Å². The molecule has 0 amide bonds. The fourth-order valence-electron chi connectivity index (χ4n) is 2.91. The number of fused-ring (bicyclic) bond motifs is 1. The van der Waals surface area contributed by atoms with E-state index in [1.54, 1.807) is 4.90 Å². The average molecular weight is 185 g/mol. The van der Waals surface area contributed by atoms with E-state index in [4.69, 9.17) is 0 Å². The molecule has 76 valence electrons. The van der Waals surface area contributed by atoms with Crippen LogP contribution in [0.4, 0.5) is 0 Å². The third kappa shape index (κ3) is 1.73. The maximum absolute atomic E-state index is 9.86. The van der Waals surface area contributed by atoms with E-state index in [2.05, 4.69) is 19.2 Å². The molecule has 0 aliphatic carbocycles. The Bertz CT molecular complexity index is 186. The Labute approximate surface area is 80.1 Å². The standard InChI is InChI=1S/C10H20N2O/c1-7-6-8(2)12-5-3-4-9(13)10(12)11-7/h7-11,13H,3-6H2,1-2H3/p+1. The molecule has 3 heteroatoms. The molecule has 0 saturated carbocycles. The van der Waals surface area contributed by atoms with Crippen LogP contribution in [0, 0.1) is 0 Å². The lowest BCUT2D eigenvalue weighted by Gasteiger charge is -2.45. The van der Waals surface area contributed by atoms with Gasteiger partial charge in [0.05, 0.1) is 12.6 Å². The number of aliphatic hydroxyl groups excluding tert-OH is 1. The molecule has 3 N–H and O–H groups in total. The Hall–Kier alpha value is -0.120. The van der Waals surface area contributed by atoms with Gasteiger partial charge >= 0.3 is 0 Å². The van der Waals surface area contributed by atoms with Gasteiger partial charge in [-0.2, -0.15) is 0 Å². The van der Waals surface area contributed by atoms with E-state index < -0.39 is 0 Å². The van der Waals surface area contributed by atoms with Crippen molar-refractivity contribution in [3.63, 3.8) is 0 Å². The van der Waals surface area contributed by atoms with Crippen molar-refractivity contribution in [2.24, 2.45) is 0 Å². The Morgan fingerprint density at radius 2 is 2.15 bits per heavy atom. The Kier molecular flexibility index (Phi) is 2.58. The van der Waals surface area contributed by atoms with Gasteiger partial charge in [-0.05, 0) is 26.7 Å². The third-order valence-corrected chi connectivity index (χ3v) is 3.55. The SMILES string of the molecule is CC1CC(C)[NH+]2CCCC(O)C2N1. The van der Waals surface area contributed by atoms with E-state index in [0.29, 0.717) is 18.2 Å². The molecular formula is C10H21N2O+. The van der Waals surface area contributed by atoms with Crippen molar-refractivity contribution in [1.29, 1.82) is 0 Å². The minimum atomic E-state index is -0.131. The van der Waals surface area contributed by atoms with Gasteiger partial charge in [0.1, 0.15) is 6.10 Å². The van der Waals surface area contributed by atoms with Crippen LogP contribution < -0.4 is 10.2 Å². The van der Waals surface area contributed by atoms with Crippen LogP contribution in [0.2, 0.25) is 0 Å². The number of aliphatic hydroxyl groups is 1. The molecule has 13 heavy (non-hydrogen) atoms. The van der Waals surface area contributed by atoms with E-state index >= 15 is 0 Å².